The average Bonchev–Trinajstić information content (AvgIpc) is 3.22. The van der Waals surface area contributed by atoms with E-state index in [1.165, 1.54) is 6.42 Å². The van der Waals surface area contributed by atoms with Crippen LogP contribution in [0.4, 0.5) is 0 Å². The molecule has 1 amide bonds. The van der Waals surface area contributed by atoms with Gasteiger partial charge >= 0.3 is 0 Å². The first kappa shape index (κ1) is 16.3. The average molecular weight is 339 g/mol. The van der Waals surface area contributed by atoms with E-state index in [1.807, 2.05) is 35.0 Å². The molecule has 2 fully saturated rings. The standard InChI is InChI=1S/C19H25N5O/c1-2-23-12-6-9-16(23)13-20-19(25)17-18(14-10-11-14)24(22-21-17)15-7-4-3-5-8-15/h3-5,7-8,14,16H,2,6,9-13H2,1H3,(H,20,25)/t16-/m0/s1. The zero-order chi connectivity index (χ0) is 17.2. The van der Waals surface area contributed by atoms with Gasteiger partial charge in [0.1, 0.15) is 0 Å². The molecular weight excluding hydrogens is 314 g/mol. The normalized spacial score (nSPS) is 20.8. The highest BCUT2D eigenvalue weighted by molar-refractivity contribution is 5.93. The third-order valence-electron chi connectivity index (χ3n) is 5.29. The number of carbonyl (C=O) groups is 1. The highest BCUT2D eigenvalue weighted by Crippen LogP contribution is 2.41. The molecule has 0 radical (unpaired) electrons. The van der Waals surface area contributed by atoms with E-state index >= 15 is 0 Å². The van der Waals surface area contributed by atoms with Crippen LogP contribution in [0, 0.1) is 0 Å². The molecule has 1 N–H and O–H groups in total. The van der Waals surface area contributed by atoms with Crippen molar-refractivity contribution in [1.82, 2.24) is 25.2 Å². The fourth-order valence-corrected chi connectivity index (χ4v) is 3.77. The molecular formula is C19H25N5O. The van der Waals surface area contributed by atoms with Crippen LogP contribution in [0.15, 0.2) is 30.3 Å². The zero-order valence-corrected chi connectivity index (χ0v) is 14.7. The third-order valence-corrected chi connectivity index (χ3v) is 5.29. The van der Waals surface area contributed by atoms with E-state index in [9.17, 15) is 4.79 Å². The van der Waals surface area contributed by atoms with Crippen molar-refractivity contribution in [3.8, 4) is 5.69 Å². The van der Waals surface area contributed by atoms with E-state index in [0.29, 0.717) is 24.2 Å². The van der Waals surface area contributed by atoms with E-state index in [4.69, 9.17) is 0 Å². The number of nitrogens with one attached hydrogen (secondary N) is 1. The molecule has 1 aromatic carbocycles. The SMILES string of the molecule is CCN1CCC[C@H]1CNC(=O)c1nnn(-c2ccccc2)c1C1CC1. The Hall–Kier alpha value is -2.21. The number of likely N-dealkylation sites (N-methyl/N-ethyl adjacent to an activating group) is 1. The number of amides is 1. The number of carbonyl (C=O) groups excluding carboxylic acids is 1. The van der Waals surface area contributed by atoms with Gasteiger partial charge in [-0.2, -0.15) is 0 Å². The Kier molecular flexibility index (Phi) is 4.53. The van der Waals surface area contributed by atoms with Crippen molar-refractivity contribution in [1.29, 1.82) is 0 Å². The second-order valence-corrected chi connectivity index (χ2v) is 6.98. The van der Waals surface area contributed by atoms with Crippen molar-refractivity contribution in [3.63, 3.8) is 0 Å². The first-order valence-corrected chi connectivity index (χ1v) is 9.31. The number of hydrogen-bond donors (Lipinski definition) is 1. The van der Waals surface area contributed by atoms with Crippen LogP contribution in [0.5, 0.6) is 0 Å². The molecule has 0 spiro atoms. The first-order valence-electron chi connectivity index (χ1n) is 9.31. The summed E-state index contributed by atoms with van der Waals surface area (Å²) in [7, 11) is 0. The lowest BCUT2D eigenvalue weighted by molar-refractivity contribution is 0.0935. The van der Waals surface area contributed by atoms with E-state index in [-0.39, 0.29) is 5.91 Å². The van der Waals surface area contributed by atoms with Gasteiger partial charge in [0.15, 0.2) is 5.69 Å². The molecule has 1 aromatic heterocycles. The molecule has 1 atom stereocenters. The van der Waals surface area contributed by atoms with E-state index in [1.54, 1.807) is 0 Å². The predicted octanol–water partition coefficient (Wildman–Crippen LogP) is 2.36. The number of nitrogens with zero attached hydrogens (tertiary/aromatic N) is 4. The van der Waals surface area contributed by atoms with Crippen LogP contribution >= 0.6 is 0 Å². The van der Waals surface area contributed by atoms with Crippen LogP contribution in [0.25, 0.3) is 5.69 Å². The van der Waals surface area contributed by atoms with E-state index in [0.717, 1.165) is 43.7 Å². The van der Waals surface area contributed by atoms with Crippen LogP contribution in [0.1, 0.15) is 54.7 Å². The van der Waals surface area contributed by atoms with Gasteiger partial charge in [0.05, 0.1) is 11.4 Å². The summed E-state index contributed by atoms with van der Waals surface area (Å²) in [5.41, 5.74) is 2.42. The third kappa shape index (κ3) is 3.31. The predicted molar refractivity (Wildman–Crippen MR) is 95.9 cm³/mol. The van der Waals surface area contributed by atoms with Crippen molar-refractivity contribution in [2.45, 2.75) is 44.6 Å². The second-order valence-electron chi connectivity index (χ2n) is 6.98. The topological polar surface area (TPSA) is 63.1 Å². The maximum atomic E-state index is 12.7. The van der Waals surface area contributed by atoms with Gasteiger partial charge in [-0.15, -0.1) is 5.10 Å². The Morgan fingerprint density at radius 2 is 2.04 bits per heavy atom. The highest BCUT2D eigenvalue weighted by atomic mass is 16.2. The Morgan fingerprint density at radius 1 is 1.24 bits per heavy atom. The Balaban J connectivity index is 1.52. The zero-order valence-electron chi connectivity index (χ0n) is 14.7. The summed E-state index contributed by atoms with van der Waals surface area (Å²) in [4.78, 5) is 15.2. The summed E-state index contributed by atoms with van der Waals surface area (Å²) in [5.74, 6) is 0.307. The molecule has 6 nitrogen and oxygen atoms in total. The maximum absolute atomic E-state index is 12.7. The Bertz CT molecular complexity index is 738. The maximum Gasteiger partial charge on any atom is 0.273 e. The molecule has 25 heavy (non-hydrogen) atoms. The monoisotopic (exact) mass is 339 g/mol. The smallest absolute Gasteiger partial charge is 0.273 e. The molecule has 2 aliphatic rings. The fraction of sp³-hybridized carbons (Fsp3) is 0.526. The second kappa shape index (κ2) is 6.96. The first-order chi connectivity index (χ1) is 12.3. The summed E-state index contributed by atoms with van der Waals surface area (Å²) in [5, 5.41) is 11.6. The number of likely N-dealkylation sites (tertiary alicyclic amines) is 1. The van der Waals surface area contributed by atoms with Crippen LogP contribution in [0.2, 0.25) is 0 Å². The van der Waals surface area contributed by atoms with Crippen LogP contribution in [-0.4, -0.2) is 51.5 Å². The lowest BCUT2D eigenvalue weighted by Gasteiger charge is -2.22. The highest BCUT2D eigenvalue weighted by Gasteiger charge is 2.34. The fourth-order valence-electron chi connectivity index (χ4n) is 3.77. The molecule has 2 heterocycles. The van der Waals surface area contributed by atoms with Gasteiger partial charge in [0.25, 0.3) is 5.91 Å². The molecule has 4 rings (SSSR count). The lowest BCUT2D eigenvalue weighted by Crippen LogP contribution is -2.40. The molecule has 132 valence electrons. The Morgan fingerprint density at radius 3 is 2.76 bits per heavy atom. The van der Waals surface area contributed by atoms with Crippen LogP contribution in [-0.2, 0) is 0 Å². The summed E-state index contributed by atoms with van der Waals surface area (Å²) in [6, 6.07) is 10.4. The lowest BCUT2D eigenvalue weighted by atomic mass is 10.2. The van der Waals surface area contributed by atoms with Crippen molar-refractivity contribution in [2.24, 2.45) is 0 Å². The van der Waals surface area contributed by atoms with Crippen molar-refractivity contribution < 1.29 is 4.79 Å². The number of aromatic nitrogens is 3. The van der Waals surface area contributed by atoms with E-state index < -0.39 is 0 Å². The van der Waals surface area contributed by atoms with Gasteiger partial charge in [-0.1, -0.05) is 30.3 Å². The van der Waals surface area contributed by atoms with Gasteiger partial charge < -0.3 is 5.32 Å². The van der Waals surface area contributed by atoms with E-state index in [2.05, 4.69) is 27.5 Å². The summed E-state index contributed by atoms with van der Waals surface area (Å²) in [6.07, 6.45) is 4.58. The van der Waals surface area contributed by atoms with Crippen LogP contribution in [0.3, 0.4) is 0 Å². The van der Waals surface area contributed by atoms with Crippen molar-refractivity contribution in [2.75, 3.05) is 19.6 Å². The largest absolute Gasteiger partial charge is 0.349 e. The minimum Gasteiger partial charge on any atom is -0.349 e. The van der Waals surface area contributed by atoms with Crippen molar-refractivity contribution >= 4 is 5.91 Å². The molecule has 0 unspecified atom stereocenters. The summed E-state index contributed by atoms with van der Waals surface area (Å²) < 4.78 is 1.83. The van der Waals surface area contributed by atoms with Gasteiger partial charge in [-0.05, 0) is 50.9 Å². The van der Waals surface area contributed by atoms with Gasteiger partial charge in [-0.25, -0.2) is 4.68 Å². The minimum absolute atomic E-state index is 0.0907. The molecule has 0 bridgehead atoms. The summed E-state index contributed by atoms with van der Waals surface area (Å²) in [6.45, 7) is 5.04. The number of benzene rings is 1. The number of rotatable bonds is 6. The number of hydrogen-bond acceptors (Lipinski definition) is 4. The molecule has 1 aliphatic heterocycles. The molecule has 1 aliphatic carbocycles. The molecule has 2 aromatic rings. The van der Waals surface area contributed by atoms with Gasteiger partial charge in [0.2, 0.25) is 0 Å². The van der Waals surface area contributed by atoms with Gasteiger partial charge in [-0.3, -0.25) is 9.69 Å². The molecule has 6 heteroatoms. The van der Waals surface area contributed by atoms with Crippen molar-refractivity contribution in [3.05, 3.63) is 41.7 Å². The van der Waals surface area contributed by atoms with Crippen LogP contribution < -0.4 is 5.32 Å². The molecule has 1 saturated carbocycles. The van der Waals surface area contributed by atoms with Gasteiger partial charge in [0, 0.05) is 18.5 Å². The quantitative estimate of drug-likeness (QED) is 0.877. The summed E-state index contributed by atoms with van der Waals surface area (Å²) >= 11 is 0. The minimum atomic E-state index is -0.0907. The number of para-hydroxylation sites is 1. The Labute approximate surface area is 148 Å². The molecule has 1 saturated heterocycles.